The van der Waals surface area contributed by atoms with Crippen LogP contribution in [-0.4, -0.2) is 15.0 Å². The Labute approximate surface area is 116 Å². The summed E-state index contributed by atoms with van der Waals surface area (Å²) in [6, 6.07) is 15.8. The zero-order valence-corrected chi connectivity index (χ0v) is 11.2. The Morgan fingerprint density at radius 1 is 1.00 bits per heavy atom. The van der Waals surface area contributed by atoms with Gasteiger partial charge in [-0.05, 0) is 25.1 Å². The molecule has 0 bridgehead atoms. The molecule has 3 aromatic rings. The molecule has 0 saturated heterocycles. The third kappa shape index (κ3) is 2.25. The number of halogens is 1. The van der Waals surface area contributed by atoms with Gasteiger partial charge in [-0.1, -0.05) is 52.7 Å². The van der Waals surface area contributed by atoms with Crippen molar-refractivity contribution >= 4 is 11.6 Å². The van der Waals surface area contributed by atoms with E-state index in [2.05, 4.69) is 17.2 Å². The van der Waals surface area contributed by atoms with E-state index in [1.165, 1.54) is 5.56 Å². The van der Waals surface area contributed by atoms with E-state index in [9.17, 15) is 0 Å². The maximum Gasteiger partial charge on any atom is 0.0959 e. The van der Waals surface area contributed by atoms with Gasteiger partial charge in [0.25, 0.3) is 0 Å². The third-order valence-corrected chi connectivity index (χ3v) is 3.31. The Bertz CT molecular complexity index is 701. The van der Waals surface area contributed by atoms with Gasteiger partial charge < -0.3 is 0 Å². The van der Waals surface area contributed by atoms with Gasteiger partial charge in [0.05, 0.1) is 22.6 Å². The number of hydrogen-bond acceptors (Lipinski definition) is 2. The van der Waals surface area contributed by atoms with Crippen molar-refractivity contribution in [1.29, 1.82) is 0 Å². The zero-order chi connectivity index (χ0) is 13.2. The van der Waals surface area contributed by atoms with Gasteiger partial charge in [-0.2, -0.15) is 0 Å². The quantitative estimate of drug-likeness (QED) is 0.706. The highest BCUT2D eigenvalue weighted by Gasteiger charge is 2.11. The molecule has 3 rings (SSSR count). The Balaban J connectivity index is 2.13. The van der Waals surface area contributed by atoms with Crippen LogP contribution in [0.1, 0.15) is 5.56 Å². The van der Waals surface area contributed by atoms with E-state index in [0.29, 0.717) is 5.02 Å². The van der Waals surface area contributed by atoms with Crippen LogP contribution in [0.25, 0.3) is 16.9 Å². The average Bonchev–Trinajstić information content (AvgIpc) is 2.89. The molecular formula is C15H12ClN3. The first-order chi connectivity index (χ1) is 9.25. The van der Waals surface area contributed by atoms with E-state index in [1.54, 1.807) is 10.9 Å². The number of hydrogen-bond donors (Lipinski definition) is 0. The van der Waals surface area contributed by atoms with E-state index in [-0.39, 0.29) is 0 Å². The molecule has 19 heavy (non-hydrogen) atoms. The molecule has 0 saturated carbocycles. The monoisotopic (exact) mass is 269 g/mol. The normalized spacial score (nSPS) is 10.6. The summed E-state index contributed by atoms with van der Waals surface area (Å²) in [4.78, 5) is 0. The number of aryl methyl sites for hydroxylation is 1. The molecule has 0 fully saturated rings. The van der Waals surface area contributed by atoms with Gasteiger partial charge in [-0.3, -0.25) is 0 Å². The average molecular weight is 270 g/mol. The number of rotatable bonds is 2. The van der Waals surface area contributed by atoms with Gasteiger partial charge in [0.1, 0.15) is 0 Å². The topological polar surface area (TPSA) is 30.7 Å². The minimum Gasteiger partial charge on any atom is -0.213 e. The molecule has 1 heterocycles. The van der Waals surface area contributed by atoms with Crippen molar-refractivity contribution in [2.45, 2.75) is 6.92 Å². The number of nitrogens with zero attached hydrogens (tertiary/aromatic N) is 3. The minimum atomic E-state index is 0.693. The molecule has 0 aliphatic heterocycles. The second-order valence-corrected chi connectivity index (χ2v) is 4.75. The molecule has 94 valence electrons. The van der Waals surface area contributed by atoms with Crippen molar-refractivity contribution in [2.24, 2.45) is 0 Å². The Hall–Kier alpha value is -2.13. The maximum absolute atomic E-state index is 6.23. The predicted molar refractivity (Wildman–Crippen MR) is 76.5 cm³/mol. The molecule has 0 N–H and O–H groups in total. The SMILES string of the molecule is Cc1ccc(-n2nncc2-c2ccccc2Cl)cc1. The summed E-state index contributed by atoms with van der Waals surface area (Å²) in [6.07, 6.45) is 1.72. The fourth-order valence-electron chi connectivity index (χ4n) is 1.96. The lowest BCUT2D eigenvalue weighted by Crippen LogP contribution is -1.99. The van der Waals surface area contributed by atoms with Crippen LogP contribution in [0.3, 0.4) is 0 Å². The van der Waals surface area contributed by atoms with Crippen molar-refractivity contribution in [2.75, 3.05) is 0 Å². The van der Waals surface area contributed by atoms with Crippen LogP contribution in [0.2, 0.25) is 5.02 Å². The minimum absolute atomic E-state index is 0.693. The Morgan fingerprint density at radius 2 is 1.74 bits per heavy atom. The smallest absolute Gasteiger partial charge is 0.0959 e. The van der Waals surface area contributed by atoms with Gasteiger partial charge in [-0.15, -0.1) is 5.10 Å². The molecule has 2 aromatic carbocycles. The highest BCUT2D eigenvalue weighted by Crippen LogP contribution is 2.28. The van der Waals surface area contributed by atoms with Gasteiger partial charge >= 0.3 is 0 Å². The molecule has 0 aliphatic carbocycles. The molecule has 0 atom stereocenters. The van der Waals surface area contributed by atoms with Gasteiger partial charge in [-0.25, -0.2) is 4.68 Å². The van der Waals surface area contributed by atoms with E-state index in [0.717, 1.165) is 16.9 Å². The van der Waals surface area contributed by atoms with Crippen LogP contribution in [0.4, 0.5) is 0 Å². The van der Waals surface area contributed by atoms with E-state index < -0.39 is 0 Å². The van der Waals surface area contributed by atoms with Crippen molar-refractivity contribution in [3.63, 3.8) is 0 Å². The summed E-state index contributed by atoms with van der Waals surface area (Å²) < 4.78 is 1.79. The first-order valence-corrected chi connectivity index (χ1v) is 6.36. The summed E-state index contributed by atoms with van der Waals surface area (Å²) in [5.74, 6) is 0. The zero-order valence-electron chi connectivity index (χ0n) is 10.4. The van der Waals surface area contributed by atoms with Crippen molar-refractivity contribution in [3.05, 3.63) is 65.3 Å². The van der Waals surface area contributed by atoms with E-state index >= 15 is 0 Å². The summed E-state index contributed by atoms with van der Waals surface area (Å²) >= 11 is 6.23. The summed E-state index contributed by atoms with van der Waals surface area (Å²) in [5, 5.41) is 8.83. The second-order valence-electron chi connectivity index (χ2n) is 4.35. The Morgan fingerprint density at radius 3 is 2.47 bits per heavy atom. The number of benzene rings is 2. The molecule has 0 amide bonds. The van der Waals surface area contributed by atoms with Crippen LogP contribution in [0.5, 0.6) is 0 Å². The summed E-state index contributed by atoms with van der Waals surface area (Å²) in [7, 11) is 0. The second kappa shape index (κ2) is 4.86. The van der Waals surface area contributed by atoms with Gasteiger partial charge in [0, 0.05) is 5.56 Å². The maximum atomic E-state index is 6.23. The fourth-order valence-corrected chi connectivity index (χ4v) is 2.20. The third-order valence-electron chi connectivity index (χ3n) is 2.98. The van der Waals surface area contributed by atoms with Crippen LogP contribution in [0, 0.1) is 6.92 Å². The molecule has 4 heteroatoms. The van der Waals surface area contributed by atoms with Crippen LogP contribution in [0.15, 0.2) is 54.7 Å². The first-order valence-electron chi connectivity index (χ1n) is 5.98. The van der Waals surface area contributed by atoms with Crippen LogP contribution in [-0.2, 0) is 0 Å². The van der Waals surface area contributed by atoms with E-state index in [1.807, 2.05) is 48.5 Å². The predicted octanol–water partition coefficient (Wildman–Crippen LogP) is 3.90. The largest absolute Gasteiger partial charge is 0.213 e. The molecular weight excluding hydrogens is 258 g/mol. The standard InChI is InChI=1S/C15H12ClN3/c1-11-6-8-12(9-7-11)19-15(10-17-18-19)13-4-2-3-5-14(13)16/h2-10H,1H3. The Kier molecular flexibility index (Phi) is 3.05. The summed E-state index contributed by atoms with van der Waals surface area (Å²) in [5.41, 5.74) is 3.99. The van der Waals surface area contributed by atoms with Crippen molar-refractivity contribution in [1.82, 2.24) is 15.0 Å². The highest BCUT2D eigenvalue weighted by atomic mass is 35.5. The summed E-state index contributed by atoms with van der Waals surface area (Å²) in [6.45, 7) is 2.06. The molecule has 3 nitrogen and oxygen atoms in total. The molecule has 0 spiro atoms. The van der Waals surface area contributed by atoms with Crippen LogP contribution >= 0.6 is 11.6 Å². The molecule has 0 unspecified atom stereocenters. The number of aromatic nitrogens is 3. The molecule has 0 aliphatic rings. The lowest BCUT2D eigenvalue weighted by Gasteiger charge is -2.07. The lowest BCUT2D eigenvalue weighted by molar-refractivity contribution is 0.807. The fraction of sp³-hybridized carbons (Fsp3) is 0.0667. The van der Waals surface area contributed by atoms with Crippen molar-refractivity contribution < 1.29 is 0 Å². The molecule has 0 radical (unpaired) electrons. The van der Waals surface area contributed by atoms with Crippen LogP contribution < -0.4 is 0 Å². The van der Waals surface area contributed by atoms with E-state index in [4.69, 9.17) is 11.6 Å². The lowest BCUT2D eigenvalue weighted by atomic mass is 10.1. The van der Waals surface area contributed by atoms with Gasteiger partial charge in [0.15, 0.2) is 0 Å². The van der Waals surface area contributed by atoms with Gasteiger partial charge in [0.2, 0.25) is 0 Å². The van der Waals surface area contributed by atoms with Crippen molar-refractivity contribution in [3.8, 4) is 16.9 Å². The highest BCUT2D eigenvalue weighted by molar-refractivity contribution is 6.33. The molecule has 1 aromatic heterocycles. The first kappa shape index (κ1) is 11.9.